The average Bonchev–Trinajstić information content (AvgIpc) is 3.47. The highest BCUT2D eigenvalue weighted by molar-refractivity contribution is 6.34. The zero-order valence-electron chi connectivity index (χ0n) is 22.9. The number of aliphatic hydroxyl groups excluding tert-OH is 1. The predicted octanol–water partition coefficient (Wildman–Crippen LogP) is 4.21. The van der Waals surface area contributed by atoms with Gasteiger partial charge >= 0.3 is 5.97 Å². The molecular weight excluding hydrogens is 520 g/mol. The van der Waals surface area contributed by atoms with Crippen molar-refractivity contribution in [3.63, 3.8) is 0 Å². The number of anilines is 1. The first-order valence-electron chi connectivity index (χ1n) is 13.7. The van der Waals surface area contributed by atoms with E-state index in [4.69, 9.17) is 26.2 Å². The molecule has 1 N–H and O–H groups in total. The highest BCUT2D eigenvalue weighted by atomic mass is 35.5. The van der Waals surface area contributed by atoms with Crippen LogP contribution in [0.3, 0.4) is 0 Å². The number of hydrogen-bond acceptors (Lipinski definition) is 6. The summed E-state index contributed by atoms with van der Waals surface area (Å²) in [6.45, 7) is 11.9. The van der Waals surface area contributed by atoms with Crippen LogP contribution in [0.25, 0.3) is 0 Å². The molecule has 0 radical (unpaired) electrons. The molecule has 3 heterocycles. The molecule has 0 saturated carbocycles. The number of para-hydroxylation sites is 1. The fourth-order valence-corrected chi connectivity index (χ4v) is 7.14. The summed E-state index contributed by atoms with van der Waals surface area (Å²) in [5.74, 6) is -2.70. The van der Waals surface area contributed by atoms with Crippen LogP contribution >= 0.6 is 11.6 Å². The zero-order chi connectivity index (χ0) is 28.4. The lowest BCUT2D eigenvalue weighted by atomic mass is 9.66. The topological polar surface area (TPSA) is 96.4 Å². The second-order valence-electron chi connectivity index (χ2n) is 11.0. The van der Waals surface area contributed by atoms with Gasteiger partial charge in [-0.25, -0.2) is 0 Å². The van der Waals surface area contributed by atoms with Crippen LogP contribution in [0.1, 0.15) is 51.0 Å². The van der Waals surface area contributed by atoms with Gasteiger partial charge in [0.2, 0.25) is 5.91 Å². The summed E-state index contributed by atoms with van der Waals surface area (Å²) in [5.41, 5.74) is -0.671. The number of ether oxygens (including phenoxy) is 2. The number of halogens is 1. The van der Waals surface area contributed by atoms with E-state index >= 15 is 0 Å². The molecule has 1 aromatic carbocycles. The van der Waals surface area contributed by atoms with Crippen LogP contribution < -0.4 is 4.90 Å². The van der Waals surface area contributed by atoms with Crippen LogP contribution in [0.5, 0.6) is 0 Å². The van der Waals surface area contributed by atoms with Crippen molar-refractivity contribution < 1.29 is 29.0 Å². The van der Waals surface area contributed by atoms with E-state index in [0.717, 1.165) is 18.4 Å². The molecule has 2 amide bonds. The van der Waals surface area contributed by atoms with E-state index in [2.05, 4.69) is 13.2 Å². The number of nitrogens with zero attached hydrogens (tertiary/aromatic N) is 2. The third-order valence-electron chi connectivity index (χ3n) is 8.45. The number of unbranched alkanes of at least 4 members (excludes halogenated alkanes) is 3. The van der Waals surface area contributed by atoms with Gasteiger partial charge in [-0.05, 0) is 51.2 Å². The minimum atomic E-state index is -1.15. The molecule has 2 unspecified atom stereocenters. The first-order chi connectivity index (χ1) is 18.7. The van der Waals surface area contributed by atoms with E-state index in [9.17, 15) is 14.4 Å². The molecule has 3 aliphatic rings. The van der Waals surface area contributed by atoms with Crippen molar-refractivity contribution >= 4 is 35.1 Å². The molecule has 3 fully saturated rings. The van der Waals surface area contributed by atoms with Gasteiger partial charge in [0.1, 0.15) is 24.2 Å². The number of benzene rings is 1. The summed E-state index contributed by atoms with van der Waals surface area (Å²) in [5, 5.41) is 9.57. The van der Waals surface area contributed by atoms with Gasteiger partial charge in [-0.1, -0.05) is 55.3 Å². The second-order valence-corrected chi connectivity index (χ2v) is 11.4. The van der Waals surface area contributed by atoms with Crippen LogP contribution in [-0.4, -0.2) is 71.3 Å². The predicted molar refractivity (Wildman–Crippen MR) is 149 cm³/mol. The Hall–Kier alpha value is -2.68. The van der Waals surface area contributed by atoms with Crippen molar-refractivity contribution in [1.29, 1.82) is 0 Å². The van der Waals surface area contributed by atoms with Crippen LogP contribution in [0.2, 0.25) is 5.02 Å². The van der Waals surface area contributed by atoms with E-state index in [-0.39, 0.29) is 31.6 Å². The highest BCUT2D eigenvalue weighted by Gasteiger charge is 2.78. The fourth-order valence-electron chi connectivity index (χ4n) is 6.81. The van der Waals surface area contributed by atoms with E-state index < -0.39 is 35.0 Å². The number of rotatable bonds is 13. The molecule has 3 aliphatic heterocycles. The number of fused-ring (bicyclic) bond motifs is 1. The summed E-state index contributed by atoms with van der Waals surface area (Å²) >= 11 is 6.60. The Kier molecular flexibility index (Phi) is 8.88. The van der Waals surface area contributed by atoms with Gasteiger partial charge in [-0.15, -0.1) is 6.58 Å². The molecule has 9 heteroatoms. The van der Waals surface area contributed by atoms with Crippen molar-refractivity contribution in [2.75, 3.05) is 31.2 Å². The number of carbonyl (C=O) groups is 3. The van der Waals surface area contributed by atoms with Crippen molar-refractivity contribution in [1.82, 2.24) is 4.90 Å². The fraction of sp³-hybridized carbons (Fsp3) is 0.567. The van der Waals surface area contributed by atoms with Crippen molar-refractivity contribution in [2.24, 2.45) is 11.8 Å². The molecule has 39 heavy (non-hydrogen) atoms. The Morgan fingerprint density at radius 1 is 1.23 bits per heavy atom. The normalized spacial score (nSPS) is 28.9. The Labute approximate surface area is 235 Å². The van der Waals surface area contributed by atoms with Crippen LogP contribution in [0.4, 0.5) is 5.69 Å². The SMILES string of the molecule is C=CCOC(=O)[C@H]1[C@H]2C(=O)N(CCCCCCO)C(C(=O)N(CC=C)c3c(C)cccc3Cl)C23CC[C@]1(C)O3. The molecule has 1 spiro atoms. The van der Waals surface area contributed by atoms with Gasteiger partial charge in [-0.3, -0.25) is 14.4 Å². The lowest BCUT2D eigenvalue weighted by molar-refractivity contribution is -0.158. The molecule has 2 bridgehead atoms. The van der Waals surface area contributed by atoms with Crippen LogP contribution in [0, 0.1) is 18.8 Å². The van der Waals surface area contributed by atoms with Gasteiger partial charge in [0.15, 0.2) is 0 Å². The summed E-state index contributed by atoms with van der Waals surface area (Å²) in [4.78, 5) is 45.2. The number of aliphatic hydroxyl groups is 1. The molecule has 5 atom stereocenters. The molecule has 0 aromatic heterocycles. The molecule has 4 rings (SSSR count). The lowest BCUT2D eigenvalue weighted by Crippen LogP contribution is -2.56. The van der Waals surface area contributed by atoms with E-state index in [0.29, 0.717) is 42.9 Å². The average molecular weight is 559 g/mol. The van der Waals surface area contributed by atoms with Gasteiger partial charge < -0.3 is 24.4 Å². The Bertz CT molecular complexity index is 1120. The summed E-state index contributed by atoms with van der Waals surface area (Å²) in [6.07, 6.45) is 7.09. The second kappa shape index (κ2) is 11.8. The minimum Gasteiger partial charge on any atom is -0.461 e. The molecule has 3 saturated heterocycles. The highest BCUT2D eigenvalue weighted by Crippen LogP contribution is 2.63. The number of carbonyl (C=O) groups excluding carboxylic acids is 3. The Morgan fingerprint density at radius 2 is 1.97 bits per heavy atom. The Morgan fingerprint density at radius 3 is 2.64 bits per heavy atom. The summed E-state index contributed by atoms with van der Waals surface area (Å²) in [6, 6.07) is 4.51. The maximum atomic E-state index is 14.6. The quantitative estimate of drug-likeness (QED) is 0.221. The first kappa shape index (κ1) is 29.3. The van der Waals surface area contributed by atoms with Crippen molar-refractivity contribution in [3.8, 4) is 0 Å². The van der Waals surface area contributed by atoms with Gasteiger partial charge in [0.25, 0.3) is 5.91 Å². The largest absolute Gasteiger partial charge is 0.461 e. The third kappa shape index (κ3) is 5.03. The van der Waals surface area contributed by atoms with E-state index in [1.54, 1.807) is 21.9 Å². The first-order valence-corrected chi connectivity index (χ1v) is 14.1. The number of likely N-dealkylation sites (tertiary alicyclic amines) is 1. The standard InChI is InChI=1S/C30H39ClN2O6/c1-5-16-32(24-20(3)12-11-13-21(24)31)27(36)25-30-15-14-29(4,39-30)23(28(37)38-19-6-2)22(30)26(35)33(25)17-9-7-8-10-18-34/h5-6,11-13,22-23,25,34H,1-2,7-10,14-19H2,3-4H3/t22-,23+,25?,29-,30?/m0/s1. The lowest BCUT2D eigenvalue weighted by Gasteiger charge is -2.37. The summed E-state index contributed by atoms with van der Waals surface area (Å²) < 4.78 is 12.1. The van der Waals surface area contributed by atoms with Crippen molar-refractivity contribution in [2.45, 2.75) is 69.6 Å². The molecular formula is C30H39ClN2O6. The van der Waals surface area contributed by atoms with Gasteiger partial charge in [-0.2, -0.15) is 0 Å². The van der Waals surface area contributed by atoms with Crippen molar-refractivity contribution in [3.05, 3.63) is 54.1 Å². The number of aryl methyl sites for hydroxylation is 1. The zero-order valence-corrected chi connectivity index (χ0v) is 23.6. The third-order valence-corrected chi connectivity index (χ3v) is 8.76. The number of esters is 1. The van der Waals surface area contributed by atoms with E-state index in [1.807, 2.05) is 26.0 Å². The molecule has 8 nitrogen and oxygen atoms in total. The molecule has 0 aliphatic carbocycles. The van der Waals surface area contributed by atoms with Gasteiger partial charge in [0, 0.05) is 19.7 Å². The monoisotopic (exact) mass is 558 g/mol. The number of amides is 2. The maximum Gasteiger partial charge on any atom is 0.313 e. The van der Waals surface area contributed by atoms with Gasteiger partial charge in [0.05, 0.1) is 22.2 Å². The van der Waals surface area contributed by atoms with Crippen LogP contribution in [0.15, 0.2) is 43.5 Å². The molecule has 212 valence electrons. The minimum absolute atomic E-state index is 0.0369. The van der Waals surface area contributed by atoms with E-state index in [1.165, 1.54) is 6.08 Å². The Balaban J connectivity index is 1.76. The molecule has 1 aromatic rings. The number of hydrogen-bond donors (Lipinski definition) is 1. The van der Waals surface area contributed by atoms with Crippen LogP contribution in [-0.2, 0) is 23.9 Å². The smallest absolute Gasteiger partial charge is 0.313 e. The summed E-state index contributed by atoms with van der Waals surface area (Å²) in [7, 11) is 0. The maximum absolute atomic E-state index is 14.6.